The summed E-state index contributed by atoms with van der Waals surface area (Å²) in [6.45, 7) is 9.82. The van der Waals surface area contributed by atoms with Crippen molar-refractivity contribution in [2.45, 2.75) is 69.5 Å². The highest BCUT2D eigenvalue weighted by Crippen LogP contribution is 2.59. The lowest BCUT2D eigenvalue weighted by atomic mass is 9.74. The van der Waals surface area contributed by atoms with Gasteiger partial charge >= 0.3 is 0 Å². The number of benzene rings is 4. The number of hydrogen-bond donors (Lipinski definition) is 2. The maximum Gasteiger partial charge on any atom is 0.104 e. The van der Waals surface area contributed by atoms with Gasteiger partial charge in [0, 0.05) is 21.6 Å². The predicted octanol–water partition coefficient (Wildman–Crippen LogP) is 11.6. The molecule has 242 valence electrons. The molecule has 0 radical (unpaired) electrons. The van der Waals surface area contributed by atoms with Gasteiger partial charge in [0.05, 0.1) is 11.0 Å². The standard InChI is InChI=1S/C46H42N2S/c1-45(2)36-19-10-8-15-31(36)34-25-38-35(26-37(34)45)32-18-12-17-30(41(32)46(38,3)4)27-21-23-29(24-22-27)43-47-42(28-13-6-5-7-14-28)40-33-16-9-11-20-39(33)49-44(40)48-43/h5-18,20-21,23-27,36,42-43,47-48H,19,22H2,1-4H3. The molecule has 1 aromatic heterocycles. The monoisotopic (exact) mass is 654 g/mol. The van der Waals surface area contributed by atoms with Crippen molar-refractivity contribution in [3.63, 3.8) is 0 Å². The quantitative estimate of drug-likeness (QED) is 0.202. The largest absolute Gasteiger partial charge is 0.357 e. The molecular formula is C46H42N2S. The van der Waals surface area contributed by atoms with Crippen LogP contribution in [-0.2, 0) is 10.8 Å². The fraction of sp³-hybridized carbons (Fsp3) is 0.261. The van der Waals surface area contributed by atoms with E-state index >= 15 is 0 Å². The molecule has 0 saturated heterocycles. The second-order valence-corrected chi connectivity index (χ2v) is 16.8. The van der Waals surface area contributed by atoms with Gasteiger partial charge in [0.25, 0.3) is 0 Å². The van der Waals surface area contributed by atoms with Crippen LogP contribution >= 0.6 is 11.3 Å². The van der Waals surface area contributed by atoms with Gasteiger partial charge in [0.2, 0.25) is 0 Å². The Morgan fingerprint density at radius 3 is 2.45 bits per heavy atom. The SMILES string of the molecule is CC1(C)c2cc3c(cc2-c2cccc(C4C=CC(C5Nc6sc7ccccc7c6C(c6ccccc6)N5)=CC4)c21)C(C)(C)C1CC=CC=C31. The summed E-state index contributed by atoms with van der Waals surface area (Å²) >= 11 is 1.87. The number of allylic oxidation sites excluding steroid dienone is 6. The number of thiophene rings is 1. The molecule has 2 N–H and O–H groups in total. The van der Waals surface area contributed by atoms with Crippen LogP contribution in [0.5, 0.6) is 0 Å². The molecule has 2 heterocycles. The van der Waals surface area contributed by atoms with E-state index in [1.807, 2.05) is 11.3 Å². The average molecular weight is 655 g/mol. The molecule has 5 aromatic rings. The van der Waals surface area contributed by atoms with Crippen molar-refractivity contribution in [2.24, 2.45) is 5.92 Å². The zero-order chi connectivity index (χ0) is 33.1. The zero-order valence-electron chi connectivity index (χ0n) is 28.7. The summed E-state index contributed by atoms with van der Waals surface area (Å²) in [6, 6.07) is 32.1. The number of anilines is 1. The molecule has 0 saturated carbocycles. The van der Waals surface area contributed by atoms with E-state index in [1.165, 1.54) is 76.3 Å². The Bertz CT molecular complexity index is 2310. The van der Waals surface area contributed by atoms with Crippen molar-refractivity contribution in [2.75, 3.05) is 5.32 Å². The third-order valence-corrected chi connectivity index (χ3v) is 13.5. The summed E-state index contributed by atoms with van der Waals surface area (Å²) in [4.78, 5) is 0. The van der Waals surface area contributed by atoms with E-state index in [4.69, 9.17) is 0 Å². The molecule has 0 fully saturated rings. The van der Waals surface area contributed by atoms with Gasteiger partial charge in [0.15, 0.2) is 0 Å². The minimum Gasteiger partial charge on any atom is -0.357 e. The molecule has 10 rings (SSSR count). The van der Waals surface area contributed by atoms with Crippen molar-refractivity contribution >= 4 is 32.0 Å². The minimum atomic E-state index is -0.0611. The minimum absolute atomic E-state index is 0.0451. The van der Waals surface area contributed by atoms with Crippen LogP contribution in [0.2, 0.25) is 0 Å². The Hall–Kier alpha value is -4.44. The summed E-state index contributed by atoms with van der Waals surface area (Å²) in [5.41, 5.74) is 15.9. The highest BCUT2D eigenvalue weighted by molar-refractivity contribution is 7.23. The van der Waals surface area contributed by atoms with Crippen molar-refractivity contribution in [3.05, 3.63) is 166 Å². The molecule has 4 atom stereocenters. The Kier molecular flexibility index (Phi) is 6.33. The van der Waals surface area contributed by atoms with Crippen LogP contribution in [-0.4, -0.2) is 6.17 Å². The summed E-state index contributed by atoms with van der Waals surface area (Å²) in [6.07, 6.45) is 16.5. The lowest BCUT2D eigenvalue weighted by Crippen LogP contribution is -2.44. The van der Waals surface area contributed by atoms with Crippen molar-refractivity contribution in [1.29, 1.82) is 0 Å². The van der Waals surface area contributed by atoms with Gasteiger partial charge in [-0.1, -0.05) is 131 Å². The fourth-order valence-corrected chi connectivity index (χ4v) is 11.0. The van der Waals surface area contributed by atoms with Gasteiger partial charge in [-0.05, 0) is 103 Å². The molecule has 0 amide bonds. The first-order valence-electron chi connectivity index (χ1n) is 18.0. The Labute approximate surface area is 294 Å². The number of rotatable bonds is 3. The summed E-state index contributed by atoms with van der Waals surface area (Å²) in [7, 11) is 0. The van der Waals surface area contributed by atoms with Crippen LogP contribution in [0.25, 0.3) is 26.8 Å². The fourth-order valence-electron chi connectivity index (χ4n) is 9.88. The molecule has 0 spiro atoms. The molecule has 3 heteroatoms. The molecule has 2 nitrogen and oxygen atoms in total. The number of fused-ring (bicyclic) bond motifs is 9. The summed E-state index contributed by atoms with van der Waals surface area (Å²) in [5, 5.41) is 10.5. The van der Waals surface area contributed by atoms with E-state index in [1.54, 1.807) is 0 Å². The van der Waals surface area contributed by atoms with Crippen LogP contribution in [0, 0.1) is 5.92 Å². The normalized spacial score (nSPS) is 25.1. The molecule has 5 aliphatic rings. The second kappa shape index (κ2) is 10.5. The Morgan fingerprint density at radius 1 is 0.796 bits per heavy atom. The van der Waals surface area contributed by atoms with Crippen molar-refractivity contribution in [1.82, 2.24) is 5.32 Å². The van der Waals surface area contributed by atoms with E-state index < -0.39 is 0 Å². The summed E-state index contributed by atoms with van der Waals surface area (Å²) < 4.78 is 1.33. The molecule has 0 bridgehead atoms. The molecule has 4 unspecified atom stereocenters. The third-order valence-electron chi connectivity index (χ3n) is 12.4. The molecule has 4 aromatic carbocycles. The lowest BCUT2D eigenvalue weighted by Gasteiger charge is -2.35. The van der Waals surface area contributed by atoms with Crippen molar-refractivity contribution < 1.29 is 0 Å². The first-order chi connectivity index (χ1) is 23.8. The molecule has 1 aliphatic heterocycles. The van der Waals surface area contributed by atoms with E-state index in [0.29, 0.717) is 11.8 Å². The van der Waals surface area contributed by atoms with Crippen LogP contribution in [0.15, 0.2) is 127 Å². The first-order valence-corrected chi connectivity index (χ1v) is 18.8. The van der Waals surface area contributed by atoms with Crippen molar-refractivity contribution in [3.8, 4) is 11.1 Å². The van der Waals surface area contributed by atoms with E-state index in [2.05, 4.69) is 160 Å². The first kappa shape index (κ1) is 29.5. The smallest absolute Gasteiger partial charge is 0.104 e. The van der Waals surface area contributed by atoms with Crippen LogP contribution in [0.4, 0.5) is 5.00 Å². The highest BCUT2D eigenvalue weighted by atomic mass is 32.1. The predicted molar refractivity (Wildman–Crippen MR) is 207 cm³/mol. The van der Waals surface area contributed by atoms with Gasteiger partial charge in [0.1, 0.15) is 6.17 Å². The van der Waals surface area contributed by atoms with Crippen LogP contribution in [0.1, 0.15) is 91.4 Å². The van der Waals surface area contributed by atoms with Gasteiger partial charge < -0.3 is 5.32 Å². The zero-order valence-corrected chi connectivity index (χ0v) is 29.5. The van der Waals surface area contributed by atoms with Gasteiger partial charge in [-0.3, -0.25) is 5.32 Å². The van der Waals surface area contributed by atoms with Gasteiger partial charge in [-0.15, -0.1) is 11.3 Å². The lowest BCUT2D eigenvalue weighted by molar-refractivity contribution is 0.415. The Morgan fingerprint density at radius 2 is 1.61 bits per heavy atom. The maximum atomic E-state index is 4.01. The maximum absolute atomic E-state index is 4.01. The molecule has 4 aliphatic carbocycles. The highest BCUT2D eigenvalue weighted by Gasteiger charge is 2.46. The van der Waals surface area contributed by atoms with Gasteiger partial charge in [-0.2, -0.15) is 0 Å². The van der Waals surface area contributed by atoms with Crippen LogP contribution in [0.3, 0.4) is 0 Å². The second-order valence-electron chi connectivity index (χ2n) is 15.7. The van der Waals surface area contributed by atoms with E-state index in [0.717, 1.165) is 12.8 Å². The topological polar surface area (TPSA) is 24.1 Å². The van der Waals surface area contributed by atoms with E-state index in [9.17, 15) is 0 Å². The number of hydrogen-bond acceptors (Lipinski definition) is 3. The van der Waals surface area contributed by atoms with Crippen LogP contribution < -0.4 is 10.6 Å². The number of nitrogens with one attached hydrogen (secondary N) is 2. The third kappa shape index (κ3) is 4.22. The molecular weight excluding hydrogens is 613 g/mol. The average Bonchev–Trinajstić information content (AvgIpc) is 3.71. The molecule has 49 heavy (non-hydrogen) atoms. The van der Waals surface area contributed by atoms with Gasteiger partial charge in [-0.25, -0.2) is 0 Å². The summed E-state index contributed by atoms with van der Waals surface area (Å²) in [5.74, 6) is 0.915. The Balaban J connectivity index is 0.986. The van der Waals surface area contributed by atoms with E-state index in [-0.39, 0.29) is 23.0 Å².